The summed E-state index contributed by atoms with van der Waals surface area (Å²) in [5.74, 6) is -1.15. The van der Waals surface area contributed by atoms with E-state index in [1.165, 1.54) is 30.5 Å². The summed E-state index contributed by atoms with van der Waals surface area (Å²) in [5.41, 5.74) is 3.87. The summed E-state index contributed by atoms with van der Waals surface area (Å²) in [6.45, 7) is 5.91. The Morgan fingerprint density at radius 1 is 0.947 bits per heavy atom. The zero-order valence-corrected chi connectivity index (χ0v) is 21.8. The lowest BCUT2D eigenvalue weighted by Gasteiger charge is -2.25. The van der Waals surface area contributed by atoms with Crippen LogP contribution in [-0.4, -0.2) is 22.2 Å². The molecular formula is C31H32F2N2O3. The molecule has 0 fully saturated rings. The maximum atomic E-state index is 13.6. The summed E-state index contributed by atoms with van der Waals surface area (Å²) in [6.07, 6.45) is 2.84. The summed E-state index contributed by atoms with van der Waals surface area (Å²) in [4.78, 5) is 26.8. The number of aliphatic hydroxyl groups is 1. The highest BCUT2D eigenvalue weighted by Crippen LogP contribution is 2.26. The molecule has 1 aromatic heterocycles. The second-order valence-electron chi connectivity index (χ2n) is 10.0. The monoisotopic (exact) mass is 518 g/mol. The molecule has 4 rings (SSSR count). The number of nitrogens with zero attached hydrogens (tertiary/aromatic N) is 1. The van der Waals surface area contributed by atoms with Crippen molar-refractivity contribution in [1.82, 2.24) is 9.88 Å². The van der Waals surface area contributed by atoms with Crippen molar-refractivity contribution in [3.8, 4) is 0 Å². The Labute approximate surface area is 220 Å². The first-order valence-corrected chi connectivity index (χ1v) is 12.7. The molecule has 0 aliphatic rings. The number of amides is 1. The summed E-state index contributed by atoms with van der Waals surface area (Å²) in [6, 6.07) is 15.6. The van der Waals surface area contributed by atoms with Gasteiger partial charge >= 0.3 is 0 Å². The van der Waals surface area contributed by atoms with Crippen LogP contribution in [0.15, 0.2) is 71.7 Å². The maximum absolute atomic E-state index is 13.6. The number of aromatic nitrogens is 1. The zero-order chi connectivity index (χ0) is 27.4. The summed E-state index contributed by atoms with van der Waals surface area (Å²) in [5, 5.41) is 13.3. The number of rotatable bonds is 9. The van der Waals surface area contributed by atoms with Gasteiger partial charge in [0.1, 0.15) is 17.2 Å². The highest BCUT2D eigenvalue weighted by Gasteiger charge is 2.22. The smallest absolute Gasteiger partial charge is 0.257 e. The molecule has 5 nitrogen and oxygen atoms in total. The van der Waals surface area contributed by atoms with E-state index in [4.69, 9.17) is 0 Å². The van der Waals surface area contributed by atoms with Gasteiger partial charge < -0.3 is 15.0 Å². The van der Waals surface area contributed by atoms with E-state index in [0.717, 1.165) is 16.7 Å². The lowest BCUT2D eigenvalue weighted by atomic mass is 9.96. The molecule has 2 N–H and O–H groups in total. The van der Waals surface area contributed by atoms with Crippen LogP contribution in [0, 0.1) is 24.5 Å². The predicted molar refractivity (Wildman–Crippen MR) is 145 cm³/mol. The predicted octanol–water partition coefficient (Wildman–Crippen LogP) is 5.49. The van der Waals surface area contributed by atoms with Crippen molar-refractivity contribution in [2.24, 2.45) is 5.92 Å². The molecule has 4 aromatic rings. The van der Waals surface area contributed by atoms with Gasteiger partial charge in [-0.3, -0.25) is 9.59 Å². The van der Waals surface area contributed by atoms with Gasteiger partial charge in [0.25, 0.3) is 5.91 Å². The standard InChI is InChI=1S/C31H32F2N2O3/c1-19(2)29(18-36)35-17-27(31(38)34-16-22-7-12-25(33)13-8-22)30(37)26-15-23(20(3)14-28(26)35)9-4-21-5-10-24(32)11-6-21/h5-8,10-15,17,19,29,36H,4,9,16,18H2,1-3H3,(H,34,38)/t29-/m1/s1. The molecule has 0 radical (unpaired) electrons. The first-order valence-electron chi connectivity index (χ1n) is 12.7. The van der Waals surface area contributed by atoms with Crippen LogP contribution in [0.4, 0.5) is 8.78 Å². The fraction of sp³-hybridized carbons (Fsp3) is 0.290. The number of benzene rings is 3. The Morgan fingerprint density at radius 2 is 1.55 bits per heavy atom. The lowest BCUT2D eigenvalue weighted by molar-refractivity contribution is 0.0948. The van der Waals surface area contributed by atoms with Crippen molar-refractivity contribution in [3.05, 3.63) is 117 Å². The second-order valence-corrected chi connectivity index (χ2v) is 10.0. The summed E-state index contributed by atoms with van der Waals surface area (Å²) >= 11 is 0. The molecule has 0 aliphatic carbocycles. The number of aryl methyl sites for hydroxylation is 3. The Balaban J connectivity index is 1.74. The van der Waals surface area contributed by atoms with Gasteiger partial charge in [-0.15, -0.1) is 0 Å². The normalized spacial score (nSPS) is 12.2. The Kier molecular flexibility index (Phi) is 8.37. The number of carbonyl (C=O) groups is 1. The number of hydrogen-bond donors (Lipinski definition) is 2. The van der Waals surface area contributed by atoms with Gasteiger partial charge in [-0.1, -0.05) is 38.1 Å². The van der Waals surface area contributed by atoms with E-state index >= 15 is 0 Å². The number of hydrogen-bond acceptors (Lipinski definition) is 3. The van der Waals surface area contributed by atoms with Crippen LogP contribution in [0.5, 0.6) is 0 Å². The highest BCUT2D eigenvalue weighted by molar-refractivity contribution is 5.97. The SMILES string of the molecule is Cc1cc2c(cc1CCc1ccc(F)cc1)c(=O)c(C(=O)NCc1ccc(F)cc1)cn2[C@H](CO)C(C)C. The van der Waals surface area contributed by atoms with Crippen molar-refractivity contribution in [2.45, 2.75) is 46.2 Å². The number of nitrogens with one attached hydrogen (secondary N) is 1. The molecule has 7 heteroatoms. The molecular weight excluding hydrogens is 486 g/mol. The van der Waals surface area contributed by atoms with Gasteiger partial charge in [0.2, 0.25) is 5.43 Å². The largest absolute Gasteiger partial charge is 0.394 e. The first-order chi connectivity index (χ1) is 18.2. The average molecular weight is 519 g/mol. The summed E-state index contributed by atoms with van der Waals surface area (Å²) < 4.78 is 28.3. The fourth-order valence-corrected chi connectivity index (χ4v) is 4.68. The van der Waals surface area contributed by atoms with E-state index in [-0.39, 0.29) is 42.3 Å². The Hall–Kier alpha value is -3.84. The van der Waals surface area contributed by atoms with Crippen molar-refractivity contribution >= 4 is 16.8 Å². The number of fused-ring (bicyclic) bond motifs is 1. The molecule has 0 saturated heterocycles. The summed E-state index contributed by atoms with van der Waals surface area (Å²) in [7, 11) is 0. The molecule has 1 atom stereocenters. The quantitative estimate of drug-likeness (QED) is 0.308. The topological polar surface area (TPSA) is 71.3 Å². The van der Waals surface area contributed by atoms with Crippen molar-refractivity contribution in [2.75, 3.05) is 6.61 Å². The minimum atomic E-state index is -0.538. The van der Waals surface area contributed by atoms with E-state index in [9.17, 15) is 23.5 Å². The lowest BCUT2D eigenvalue weighted by Crippen LogP contribution is -2.31. The minimum absolute atomic E-state index is 0.0213. The third-order valence-electron chi connectivity index (χ3n) is 7.01. The van der Waals surface area contributed by atoms with Gasteiger partial charge in [0, 0.05) is 18.1 Å². The van der Waals surface area contributed by atoms with Gasteiger partial charge in [-0.2, -0.15) is 0 Å². The van der Waals surface area contributed by atoms with E-state index in [0.29, 0.717) is 29.3 Å². The Morgan fingerprint density at radius 3 is 2.13 bits per heavy atom. The number of carbonyl (C=O) groups excluding carboxylic acids is 1. The van der Waals surface area contributed by atoms with Crippen LogP contribution >= 0.6 is 0 Å². The number of pyridine rings is 1. The molecule has 0 aliphatic heterocycles. The third kappa shape index (κ3) is 6.00. The number of aliphatic hydroxyl groups excluding tert-OH is 1. The molecule has 1 heterocycles. The zero-order valence-electron chi connectivity index (χ0n) is 21.8. The van der Waals surface area contributed by atoms with Crippen molar-refractivity contribution in [3.63, 3.8) is 0 Å². The van der Waals surface area contributed by atoms with Gasteiger partial charge in [-0.25, -0.2) is 8.78 Å². The van der Waals surface area contributed by atoms with Crippen LogP contribution in [0.3, 0.4) is 0 Å². The van der Waals surface area contributed by atoms with Crippen LogP contribution in [0.1, 0.15) is 52.5 Å². The van der Waals surface area contributed by atoms with Crippen LogP contribution in [0.2, 0.25) is 0 Å². The van der Waals surface area contributed by atoms with E-state index in [1.807, 2.05) is 37.5 Å². The third-order valence-corrected chi connectivity index (χ3v) is 7.01. The van der Waals surface area contributed by atoms with Crippen LogP contribution in [-0.2, 0) is 19.4 Å². The van der Waals surface area contributed by atoms with Gasteiger partial charge in [0.15, 0.2) is 0 Å². The number of halogens is 2. The molecule has 198 valence electrons. The van der Waals surface area contributed by atoms with Crippen LogP contribution < -0.4 is 10.7 Å². The van der Waals surface area contributed by atoms with Crippen molar-refractivity contribution in [1.29, 1.82) is 0 Å². The Bertz CT molecular complexity index is 1490. The van der Waals surface area contributed by atoms with Crippen molar-refractivity contribution < 1.29 is 18.7 Å². The average Bonchev–Trinajstić information content (AvgIpc) is 2.89. The van der Waals surface area contributed by atoms with Crippen LogP contribution in [0.25, 0.3) is 10.9 Å². The first kappa shape index (κ1) is 27.2. The van der Waals surface area contributed by atoms with E-state index in [1.54, 1.807) is 24.3 Å². The highest BCUT2D eigenvalue weighted by atomic mass is 19.1. The molecule has 3 aromatic carbocycles. The molecule has 1 amide bonds. The minimum Gasteiger partial charge on any atom is -0.394 e. The fourth-order valence-electron chi connectivity index (χ4n) is 4.68. The molecule has 0 saturated carbocycles. The van der Waals surface area contributed by atoms with E-state index < -0.39 is 11.3 Å². The van der Waals surface area contributed by atoms with Gasteiger partial charge in [0.05, 0.1) is 18.2 Å². The molecule has 38 heavy (non-hydrogen) atoms. The van der Waals surface area contributed by atoms with E-state index in [2.05, 4.69) is 5.32 Å². The molecule has 0 unspecified atom stereocenters. The van der Waals surface area contributed by atoms with Gasteiger partial charge in [-0.05, 0) is 84.3 Å². The molecule has 0 spiro atoms. The second kappa shape index (κ2) is 11.7. The maximum Gasteiger partial charge on any atom is 0.257 e. The molecule has 0 bridgehead atoms.